The molecule has 0 radical (unpaired) electrons. The first-order valence-electron chi connectivity index (χ1n) is 6.35. The molecule has 1 atom stereocenters. The van der Waals surface area contributed by atoms with Crippen LogP contribution >= 0.6 is 27.5 Å². The van der Waals surface area contributed by atoms with Crippen LogP contribution in [0.2, 0.25) is 5.02 Å². The first-order chi connectivity index (χ1) is 9.99. The van der Waals surface area contributed by atoms with Gasteiger partial charge in [-0.25, -0.2) is 4.79 Å². The van der Waals surface area contributed by atoms with E-state index in [1.807, 2.05) is 42.5 Å². The summed E-state index contributed by atoms with van der Waals surface area (Å²) in [6, 6.07) is 14.8. The van der Waals surface area contributed by atoms with Gasteiger partial charge in [-0.2, -0.15) is 0 Å². The topological polar surface area (TPSA) is 38.3 Å². The Balaban J connectivity index is 2.51. The van der Waals surface area contributed by atoms with Crippen molar-refractivity contribution in [2.75, 3.05) is 12.4 Å². The predicted molar refractivity (Wildman–Crippen MR) is 88.6 cm³/mol. The van der Waals surface area contributed by atoms with Crippen molar-refractivity contribution in [3.05, 3.63) is 63.6 Å². The second-order valence-electron chi connectivity index (χ2n) is 4.70. The predicted octanol–water partition coefficient (Wildman–Crippen LogP) is 4.60. The van der Waals surface area contributed by atoms with Crippen molar-refractivity contribution in [1.82, 2.24) is 0 Å². The standard InChI is InChI=1S/C16H15BrClNO2/c1-16(15(20)21-2,11-7-3-5-9-13(11)18)19-14-10-6-4-8-12(14)17/h3-10,19H,1-2H3. The molecule has 0 spiro atoms. The van der Waals surface area contributed by atoms with Crippen molar-refractivity contribution in [1.29, 1.82) is 0 Å². The molecule has 1 N–H and O–H groups in total. The minimum absolute atomic E-state index is 0.411. The van der Waals surface area contributed by atoms with Crippen LogP contribution in [-0.4, -0.2) is 13.1 Å². The van der Waals surface area contributed by atoms with E-state index in [0.717, 1.165) is 10.2 Å². The molecule has 0 heterocycles. The van der Waals surface area contributed by atoms with Gasteiger partial charge in [-0.1, -0.05) is 41.9 Å². The third kappa shape index (κ3) is 3.22. The zero-order valence-electron chi connectivity index (χ0n) is 11.7. The van der Waals surface area contributed by atoms with E-state index in [1.54, 1.807) is 13.0 Å². The molecule has 0 fully saturated rings. The summed E-state index contributed by atoms with van der Waals surface area (Å²) in [4.78, 5) is 12.3. The van der Waals surface area contributed by atoms with Crippen LogP contribution < -0.4 is 5.32 Å². The van der Waals surface area contributed by atoms with Crippen LogP contribution in [0.25, 0.3) is 0 Å². The number of ether oxygens (including phenoxy) is 1. The normalized spacial score (nSPS) is 13.3. The molecule has 110 valence electrons. The molecule has 2 aromatic carbocycles. The van der Waals surface area contributed by atoms with Crippen LogP contribution in [0.4, 0.5) is 5.69 Å². The maximum atomic E-state index is 12.3. The van der Waals surface area contributed by atoms with Gasteiger partial charge in [0.15, 0.2) is 5.54 Å². The number of anilines is 1. The number of carbonyl (C=O) groups is 1. The number of halogens is 2. The lowest BCUT2D eigenvalue weighted by Crippen LogP contribution is -2.41. The molecule has 3 nitrogen and oxygen atoms in total. The van der Waals surface area contributed by atoms with Crippen LogP contribution in [-0.2, 0) is 15.1 Å². The fraction of sp³-hybridized carbons (Fsp3) is 0.188. The average molecular weight is 369 g/mol. The highest BCUT2D eigenvalue weighted by atomic mass is 79.9. The summed E-state index contributed by atoms with van der Waals surface area (Å²) in [7, 11) is 1.36. The van der Waals surface area contributed by atoms with Gasteiger partial charge in [0, 0.05) is 20.7 Å². The van der Waals surface area contributed by atoms with Crippen LogP contribution in [0.3, 0.4) is 0 Å². The molecule has 0 saturated heterocycles. The first-order valence-corrected chi connectivity index (χ1v) is 7.52. The fourth-order valence-electron chi connectivity index (χ4n) is 2.13. The van der Waals surface area contributed by atoms with Gasteiger partial charge >= 0.3 is 5.97 Å². The highest BCUT2D eigenvalue weighted by molar-refractivity contribution is 9.10. The van der Waals surface area contributed by atoms with Gasteiger partial charge in [0.2, 0.25) is 0 Å². The zero-order valence-corrected chi connectivity index (χ0v) is 14.0. The summed E-state index contributed by atoms with van der Waals surface area (Å²) >= 11 is 9.72. The number of carbonyl (C=O) groups excluding carboxylic acids is 1. The minimum atomic E-state index is -1.09. The van der Waals surface area contributed by atoms with Crippen molar-refractivity contribution >= 4 is 39.2 Å². The maximum Gasteiger partial charge on any atom is 0.335 e. The molecular weight excluding hydrogens is 354 g/mol. The Morgan fingerprint density at radius 2 is 1.81 bits per heavy atom. The van der Waals surface area contributed by atoms with E-state index in [1.165, 1.54) is 7.11 Å². The molecule has 0 aliphatic rings. The molecule has 1 unspecified atom stereocenters. The van der Waals surface area contributed by atoms with Crippen LogP contribution in [0.15, 0.2) is 53.0 Å². The first kappa shape index (κ1) is 15.9. The Hall–Kier alpha value is -1.52. The monoisotopic (exact) mass is 367 g/mol. The molecule has 2 rings (SSSR count). The molecule has 0 bridgehead atoms. The molecular formula is C16H15BrClNO2. The lowest BCUT2D eigenvalue weighted by Gasteiger charge is -2.30. The van der Waals surface area contributed by atoms with E-state index < -0.39 is 11.5 Å². The Labute approximate surface area is 137 Å². The van der Waals surface area contributed by atoms with Crippen molar-refractivity contribution < 1.29 is 9.53 Å². The van der Waals surface area contributed by atoms with Crippen LogP contribution in [0, 0.1) is 0 Å². The van der Waals surface area contributed by atoms with Crippen LogP contribution in [0.5, 0.6) is 0 Å². The van der Waals surface area contributed by atoms with Gasteiger partial charge in [0.05, 0.1) is 7.11 Å². The van der Waals surface area contributed by atoms with Crippen molar-refractivity contribution in [2.24, 2.45) is 0 Å². The maximum absolute atomic E-state index is 12.3. The average Bonchev–Trinajstić information content (AvgIpc) is 2.49. The number of benzene rings is 2. The molecule has 0 amide bonds. The number of rotatable bonds is 4. The molecule has 0 aliphatic heterocycles. The van der Waals surface area contributed by atoms with Crippen LogP contribution in [0.1, 0.15) is 12.5 Å². The molecule has 5 heteroatoms. The Kier molecular flexibility index (Phi) is 4.91. The van der Waals surface area contributed by atoms with Gasteiger partial charge in [0.25, 0.3) is 0 Å². The quantitative estimate of drug-likeness (QED) is 0.801. The van der Waals surface area contributed by atoms with Gasteiger partial charge in [-0.3, -0.25) is 0 Å². The van der Waals surface area contributed by atoms with E-state index in [9.17, 15) is 4.79 Å². The second-order valence-corrected chi connectivity index (χ2v) is 5.96. The number of esters is 1. The summed E-state index contributed by atoms with van der Waals surface area (Å²) in [5.74, 6) is -0.411. The number of hydrogen-bond acceptors (Lipinski definition) is 3. The van der Waals surface area contributed by atoms with E-state index in [2.05, 4.69) is 21.2 Å². The highest BCUT2D eigenvalue weighted by Gasteiger charge is 2.38. The largest absolute Gasteiger partial charge is 0.467 e. The van der Waals surface area contributed by atoms with E-state index in [0.29, 0.717) is 10.6 Å². The summed E-state index contributed by atoms with van der Waals surface area (Å²) in [5.41, 5.74) is 0.358. The van der Waals surface area contributed by atoms with Gasteiger partial charge in [0.1, 0.15) is 0 Å². The minimum Gasteiger partial charge on any atom is -0.467 e. The number of nitrogens with one attached hydrogen (secondary N) is 1. The van der Waals surface area contributed by atoms with Gasteiger partial charge in [-0.05, 0) is 41.1 Å². The Morgan fingerprint density at radius 3 is 2.43 bits per heavy atom. The summed E-state index contributed by atoms with van der Waals surface area (Å²) in [5, 5.41) is 3.73. The molecule has 0 aliphatic carbocycles. The van der Waals surface area contributed by atoms with Crippen molar-refractivity contribution in [3.8, 4) is 0 Å². The molecule has 21 heavy (non-hydrogen) atoms. The summed E-state index contributed by atoms with van der Waals surface area (Å²) < 4.78 is 5.82. The van der Waals surface area contributed by atoms with E-state index in [-0.39, 0.29) is 0 Å². The van der Waals surface area contributed by atoms with E-state index in [4.69, 9.17) is 16.3 Å². The zero-order chi connectivity index (χ0) is 15.5. The number of para-hydroxylation sites is 1. The van der Waals surface area contributed by atoms with Crippen molar-refractivity contribution in [3.63, 3.8) is 0 Å². The Bertz CT molecular complexity index is 662. The number of hydrogen-bond donors (Lipinski definition) is 1. The lowest BCUT2D eigenvalue weighted by molar-refractivity contribution is -0.145. The Morgan fingerprint density at radius 1 is 1.19 bits per heavy atom. The summed E-state index contributed by atoms with van der Waals surface area (Å²) in [6.07, 6.45) is 0. The summed E-state index contributed by atoms with van der Waals surface area (Å²) in [6.45, 7) is 1.75. The highest BCUT2D eigenvalue weighted by Crippen LogP contribution is 2.34. The van der Waals surface area contributed by atoms with Gasteiger partial charge < -0.3 is 10.1 Å². The molecule has 0 aromatic heterocycles. The van der Waals surface area contributed by atoms with Crippen molar-refractivity contribution in [2.45, 2.75) is 12.5 Å². The third-order valence-electron chi connectivity index (χ3n) is 3.26. The third-order valence-corrected chi connectivity index (χ3v) is 4.29. The second kappa shape index (κ2) is 6.50. The molecule has 2 aromatic rings. The SMILES string of the molecule is COC(=O)C(C)(Nc1ccccc1Br)c1ccccc1Cl. The van der Waals surface area contributed by atoms with Gasteiger partial charge in [-0.15, -0.1) is 0 Å². The molecule has 0 saturated carbocycles. The lowest BCUT2D eigenvalue weighted by atomic mass is 9.91. The number of methoxy groups -OCH3 is 1. The van der Waals surface area contributed by atoms with E-state index >= 15 is 0 Å². The fourth-order valence-corrected chi connectivity index (χ4v) is 2.84. The smallest absolute Gasteiger partial charge is 0.335 e.